The number of benzene rings is 2. The standard InChI is InChI=1S/C21H26N2O5S/c1-13-7-8-15(3)19(11-13)22-20(24)16(4)28-21(25)18-12-17(10-9-14(18)2)29(26,27)23(5)6/h7-12,16H,1-6H3,(H,22,24)/t16-/m1/s1. The molecule has 0 radical (unpaired) electrons. The lowest BCUT2D eigenvalue weighted by Crippen LogP contribution is -2.30. The first-order valence-electron chi connectivity index (χ1n) is 9.05. The number of anilines is 1. The van der Waals surface area contributed by atoms with Crippen LogP contribution >= 0.6 is 0 Å². The highest BCUT2D eigenvalue weighted by Gasteiger charge is 2.24. The zero-order valence-corrected chi connectivity index (χ0v) is 18.3. The van der Waals surface area contributed by atoms with Gasteiger partial charge in [-0.05, 0) is 62.6 Å². The third-order valence-corrected chi connectivity index (χ3v) is 6.32. The van der Waals surface area contributed by atoms with Gasteiger partial charge in [-0.3, -0.25) is 4.79 Å². The van der Waals surface area contributed by atoms with Crippen LogP contribution in [-0.4, -0.2) is 44.8 Å². The zero-order chi connectivity index (χ0) is 21.9. The van der Waals surface area contributed by atoms with Crippen molar-refractivity contribution in [2.75, 3.05) is 19.4 Å². The lowest BCUT2D eigenvalue weighted by molar-refractivity contribution is -0.123. The molecule has 156 valence electrons. The summed E-state index contributed by atoms with van der Waals surface area (Å²) in [6.45, 7) is 6.92. The fourth-order valence-corrected chi connectivity index (χ4v) is 3.50. The highest BCUT2D eigenvalue weighted by molar-refractivity contribution is 7.89. The molecule has 0 fully saturated rings. The van der Waals surface area contributed by atoms with Gasteiger partial charge < -0.3 is 10.1 Å². The number of carbonyl (C=O) groups is 2. The van der Waals surface area contributed by atoms with Gasteiger partial charge in [-0.25, -0.2) is 17.5 Å². The molecule has 0 heterocycles. The SMILES string of the molecule is Cc1ccc(C)c(NC(=O)[C@@H](C)OC(=O)c2cc(S(=O)(=O)N(C)C)ccc2C)c1. The van der Waals surface area contributed by atoms with E-state index in [0.29, 0.717) is 11.3 Å². The summed E-state index contributed by atoms with van der Waals surface area (Å²) in [5, 5.41) is 2.75. The Morgan fingerprint density at radius 2 is 1.62 bits per heavy atom. The Balaban J connectivity index is 2.19. The van der Waals surface area contributed by atoms with E-state index in [1.165, 1.54) is 39.2 Å². The number of ether oxygens (including phenoxy) is 1. The molecule has 0 aliphatic carbocycles. The minimum atomic E-state index is -3.70. The first kappa shape index (κ1) is 22.6. The van der Waals surface area contributed by atoms with Gasteiger partial charge in [0.25, 0.3) is 5.91 Å². The van der Waals surface area contributed by atoms with Gasteiger partial charge in [0.2, 0.25) is 10.0 Å². The maximum absolute atomic E-state index is 12.6. The Morgan fingerprint density at radius 1 is 1.00 bits per heavy atom. The van der Waals surface area contributed by atoms with E-state index >= 15 is 0 Å². The predicted molar refractivity (Wildman–Crippen MR) is 111 cm³/mol. The zero-order valence-electron chi connectivity index (χ0n) is 17.4. The van der Waals surface area contributed by atoms with E-state index in [4.69, 9.17) is 4.74 Å². The number of sulfonamides is 1. The van der Waals surface area contributed by atoms with Crippen LogP contribution in [0.3, 0.4) is 0 Å². The highest BCUT2D eigenvalue weighted by Crippen LogP contribution is 2.20. The first-order valence-corrected chi connectivity index (χ1v) is 10.5. The van der Waals surface area contributed by atoms with Gasteiger partial charge in [0.05, 0.1) is 10.5 Å². The molecule has 8 heteroatoms. The number of hydrogen-bond donors (Lipinski definition) is 1. The van der Waals surface area contributed by atoms with Crippen molar-refractivity contribution in [1.82, 2.24) is 4.31 Å². The number of rotatable bonds is 6. The second-order valence-electron chi connectivity index (χ2n) is 7.12. The van der Waals surface area contributed by atoms with Crippen LogP contribution in [0.25, 0.3) is 0 Å². The Bertz CT molecular complexity index is 1050. The third kappa shape index (κ3) is 5.21. The van der Waals surface area contributed by atoms with Crippen LogP contribution in [-0.2, 0) is 19.6 Å². The van der Waals surface area contributed by atoms with E-state index in [1.54, 1.807) is 6.92 Å². The molecule has 0 unspecified atom stereocenters. The maximum atomic E-state index is 12.6. The normalized spacial score (nSPS) is 12.5. The molecule has 1 N–H and O–H groups in total. The average Bonchev–Trinajstić information content (AvgIpc) is 2.64. The van der Waals surface area contributed by atoms with Gasteiger partial charge in [0, 0.05) is 19.8 Å². The molecule has 0 aliphatic heterocycles. The van der Waals surface area contributed by atoms with Crippen molar-refractivity contribution in [1.29, 1.82) is 0 Å². The van der Waals surface area contributed by atoms with Crippen LogP contribution in [0.2, 0.25) is 0 Å². The van der Waals surface area contributed by atoms with Gasteiger partial charge in [-0.2, -0.15) is 0 Å². The molecule has 2 rings (SSSR count). The maximum Gasteiger partial charge on any atom is 0.339 e. The number of aryl methyl sites for hydroxylation is 3. The van der Waals surface area contributed by atoms with Crippen LogP contribution in [0.4, 0.5) is 5.69 Å². The molecule has 0 saturated heterocycles. The van der Waals surface area contributed by atoms with E-state index in [9.17, 15) is 18.0 Å². The van der Waals surface area contributed by atoms with E-state index in [0.717, 1.165) is 15.4 Å². The Hall–Kier alpha value is -2.71. The summed E-state index contributed by atoms with van der Waals surface area (Å²) in [6.07, 6.45) is -1.06. The number of carbonyl (C=O) groups excluding carboxylic acids is 2. The quantitative estimate of drug-likeness (QED) is 0.728. The lowest BCUT2D eigenvalue weighted by atomic mass is 10.1. The summed E-state index contributed by atoms with van der Waals surface area (Å²) in [5.74, 6) is -1.23. The van der Waals surface area contributed by atoms with Gasteiger partial charge in [-0.1, -0.05) is 18.2 Å². The summed E-state index contributed by atoms with van der Waals surface area (Å²) in [6, 6.07) is 9.89. The molecule has 0 spiro atoms. The number of nitrogens with one attached hydrogen (secondary N) is 1. The van der Waals surface area contributed by atoms with Crippen LogP contribution in [0.1, 0.15) is 34.0 Å². The molecular formula is C21H26N2O5S. The van der Waals surface area contributed by atoms with E-state index in [1.807, 2.05) is 32.0 Å². The van der Waals surface area contributed by atoms with E-state index in [-0.39, 0.29) is 10.5 Å². The van der Waals surface area contributed by atoms with Crippen molar-refractivity contribution < 1.29 is 22.7 Å². The number of esters is 1. The van der Waals surface area contributed by atoms with Crippen molar-refractivity contribution in [3.8, 4) is 0 Å². The largest absolute Gasteiger partial charge is 0.449 e. The summed E-state index contributed by atoms with van der Waals surface area (Å²) in [7, 11) is -0.879. The van der Waals surface area contributed by atoms with Crippen molar-refractivity contribution in [2.45, 2.75) is 38.7 Å². The van der Waals surface area contributed by atoms with Crippen LogP contribution in [0.15, 0.2) is 41.3 Å². The second-order valence-corrected chi connectivity index (χ2v) is 9.27. The summed E-state index contributed by atoms with van der Waals surface area (Å²) in [5.41, 5.74) is 3.17. The molecule has 1 amide bonds. The van der Waals surface area contributed by atoms with Gasteiger partial charge >= 0.3 is 5.97 Å². The molecule has 0 bridgehead atoms. The summed E-state index contributed by atoms with van der Waals surface area (Å²) < 4.78 is 31.0. The topological polar surface area (TPSA) is 92.8 Å². The highest BCUT2D eigenvalue weighted by atomic mass is 32.2. The van der Waals surface area contributed by atoms with Crippen molar-refractivity contribution in [2.24, 2.45) is 0 Å². The number of nitrogens with zero attached hydrogens (tertiary/aromatic N) is 1. The smallest absolute Gasteiger partial charge is 0.339 e. The average molecular weight is 419 g/mol. The minimum Gasteiger partial charge on any atom is -0.449 e. The monoisotopic (exact) mass is 418 g/mol. The van der Waals surface area contributed by atoms with Crippen LogP contribution in [0.5, 0.6) is 0 Å². The molecule has 1 atom stereocenters. The third-order valence-electron chi connectivity index (χ3n) is 4.51. The van der Waals surface area contributed by atoms with Crippen molar-refractivity contribution in [3.63, 3.8) is 0 Å². The molecule has 2 aromatic rings. The molecular weight excluding hydrogens is 392 g/mol. The van der Waals surface area contributed by atoms with E-state index in [2.05, 4.69) is 5.32 Å². The Labute approximate surface area is 171 Å². The molecule has 0 aromatic heterocycles. The van der Waals surface area contributed by atoms with Crippen LogP contribution < -0.4 is 5.32 Å². The van der Waals surface area contributed by atoms with Crippen LogP contribution in [0, 0.1) is 20.8 Å². The minimum absolute atomic E-state index is 0.0208. The van der Waals surface area contributed by atoms with Crippen molar-refractivity contribution >= 4 is 27.6 Å². The molecule has 29 heavy (non-hydrogen) atoms. The van der Waals surface area contributed by atoms with E-state index < -0.39 is 28.0 Å². The van der Waals surface area contributed by atoms with Crippen molar-refractivity contribution in [3.05, 3.63) is 58.7 Å². The molecule has 0 saturated carbocycles. The van der Waals surface area contributed by atoms with Gasteiger partial charge in [0.15, 0.2) is 6.10 Å². The first-order chi connectivity index (χ1) is 13.4. The predicted octanol–water partition coefficient (Wildman–Crippen LogP) is 3.05. The Morgan fingerprint density at radius 3 is 2.24 bits per heavy atom. The van der Waals surface area contributed by atoms with Gasteiger partial charge in [0.1, 0.15) is 0 Å². The molecule has 2 aromatic carbocycles. The second kappa shape index (κ2) is 8.75. The summed E-state index contributed by atoms with van der Waals surface area (Å²) in [4.78, 5) is 25.0. The lowest BCUT2D eigenvalue weighted by Gasteiger charge is -2.17. The number of amides is 1. The molecule has 7 nitrogen and oxygen atoms in total. The molecule has 0 aliphatic rings. The van der Waals surface area contributed by atoms with Gasteiger partial charge in [-0.15, -0.1) is 0 Å². The fourth-order valence-electron chi connectivity index (χ4n) is 2.57. The Kier molecular flexibility index (Phi) is 6.81. The summed E-state index contributed by atoms with van der Waals surface area (Å²) >= 11 is 0. The fraction of sp³-hybridized carbons (Fsp3) is 0.333. The number of hydrogen-bond acceptors (Lipinski definition) is 5.